The number of nitrogens with zero attached hydrogens (tertiary/aromatic N) is 1. The number of nitrogens with two attached hydrogens (primary N) is 1. The molecule has 0 bridgehead atoms. The fourth-order valence-electron chi connectivity index (χ4n) is 3.77. The van der Waals surface area contributed by atoms with Crippen LogP contribution in [0.1, 0.15) is 51.9 Å². The van der Waals surface area contributed by atoms with E-state index in [9.17, 15) is 0 Å². The first-order valence-corrected chi connectivity index (χ1v) is 7.90. The quantitative estimate of drug-likeness (QED) is 0.837. The van der Waals surface area contributed by atoms with Crippen molar-refractivity contribution in [3.05, 3.63) is 0 Å². The van der Waals surface area contributed by atoms with Gasteiger partial charge in [0.25, 0.3) is 0 Å². The summed E-state index contributed by atoms with van der Waals surface area (Å²) in [7, 11) is 0. The molecule has 0 radical (unpaired) electrons. The van der Waals surface area contributed by atoms with Crippen LogP contribution in [0.3, 0.4) is 0 Å². The molecular weight excluding hydrogens is 224 g/mol. The summed E-state index contributed by atoms with van der Waals surface area (Å²) in [5.41, 5.74) is 6.12. The molecule has 0 amide bonds. The van der Waals surface area contributed by atoms with E-state index < -0.39 is 0 Å². The third-order valence-electron chi connectivity index (χ3n) is 4.87. The molecule has 0 spiro atoms. The molecule has 106 valence electrons. The van der Waals surface area contributed by atoms with Crippen molar-refractivity contribution >= 4 is 0 Å². The van der Waals surface area contributed by atoms with Gasteiger partial charge in [-0.3, -0.25) is 4.90 Å². The molecule has 0 aromatic heterocycles. The molecule has 18 heavy (non-hydrogen) atoms. The van der Waals surface area contributed by atoms with Gasteiger partial charge in [-0.25, -0.2) is 0 Å². The molecule has 2 saturated heterocycles. The summed E-state index contributed by atoms with van der Waals surface area (Å²) in [6, 6.07) is 1.36. The van der Waals surface area contributed by atoms with Crippen molar-refractivity contribution in [2.75, 3.05) is 26.3 Å². The first-order chi connectivity index (χ1) is 8.86. The molecular formula is C15H30N2O. The average molecular weight is 254 g/mol. The largest absolute Gasteiger partial charge is 0.381 e. The monoisotopic (exact) mass is 254 g/mol. The van der Waals surface area contributed by atoms with E-state index >= 15 is 0 Å². The van der Waals surface area contributed by atoms with Gasteiger partial charge in [0, 0.05) is 31.8 Å². The van der Waals surface area contributed by atoms with E-state index in [1.165, 1.54) is 51.5 Å². The highest BCUT2D eigenvalue weighted by Crippen LogP contribution is 2.28. The van der Waals surface area contributed by atoms with E-state index in [0.29, 0.717) is 6.04 Å². The van der Waals surface area contributed by atoms with Crippen molar-refractivity contribution in [3.8, 4) is 0 Å². The van der Waals surface area contributed by atoms with E-state index in [-0.39, 0.29) is 0 Å². The Labute approximate surface area is 112 Å². The zero-order valence-corrected chi connectivity index (χ0v) is 11.9. The number of hydrogen-bond acceptors (Lipinski definition) is 3. The van der Waals surface area contributed by atoms with Crippen LogP contribution in [0.4, 0.5) is 0 Å². The second kappa shape index (κ2) is 7.46. The van der Waals surface area contributed by atoms with Gasteiger partial charge in [-0.2, -0.15) is 0 Å². The van der Waals surface area contributed by atoms with Crippen molar-refractivity contribution in [2.24, 2.45) is 11.7 Å². The van der Waals surface area contributed by atoms with E-state index in [1.54, 1.807) is 0 Å². The van der Waals surface area contributed by atoms with Crippen LogP contribution < -0.4 is 5.73 Å². The lowest BCUT2D eigenvalue weighted by Gasteiger charge is -2.41. The van der Waals surface area contributed by atoms with Crippen molar-refractivity contribution in [3.63, 3.8) is 0 Å². The van der Waals surface area contributed by atoms with Gasteiger partial charge in [-0.05, 0) is 44.6 Å². The molecule has 2 N–H and O–H groups in total. The lowest BCUT2D eigenvalue weighted by atomic mass is 9.89. The molecule has 2 rings (SSSR count). The molecule has 2 heterocycles. The maximum atomic E-state index is 6.12. The van der Waals surface area contributed by atoms with E-state index in [1.807, 2.05) is 0 Å². The normalized spacial score (nSPS) is 30.0. The molecule has 0 aliphatic carbocycles. The second-order valence-electron chi connectivity index (χ2n) is 5.90. The maximum Gasteiger partial charge on any atom is 0.0469 e. The van der Waals surface area contributed by atoms with Crippen molar-refractivity contribution in [1.82, 2.24) is 4.90 Å². The predicted octanol–water partition coefficient (Wildman–Crippen LogP) is 2.39. The first kappa shape index (κ1) is 14.3. The summed E-state index contributed by atoms with van der Waals surface area (Å²) in [6.07, 6.45) is 9.22. The van der Waals surface area contributed by atoms with Crippen LogP contribution >= 0.6 is 0 Å². The second-order valence-corrected chi connectivity index (χ2v) is 5.90. The SMILES string of the molecule is CCC1CCCCCN1C(CN)C1CCOCC1. The minimum Gasteiger partial charge on any atom is -0.381 e. The Morgan fingerprint density at radius 1 is 1.17 bits per heavy atom. The highest BCUT2D eigenvalue weighted by molar-refractivity contribution is 4.87. The Hall–Kier alpha value is -0.120. The van der Waals surface area contributed by atoms with Gasteiger partial charge >= 0.3 is 0 Å². The number of rotatable bonds is 4. The van der Waals surface area contributed by atoms with Crippen LogP contribution in [0.5, 0.6) is 0 Å². The predicted molar refractivity (Wildman–Crippen MR) is 75.6 cm³/mol. The minimum atomic E-state index is 0.594. The topological polar surface area (TPSA) is 38.5 Å². The lowest BCUT2D eigenvalue weighted by molar-refractivity contribution is 0.0145. The Bertz CT molecular complexity index is 229. The summed E-state index contributed by atoms with van der Waals surface area (Å²) in [4.78, 5) is 2.75. The van der Waals surface area contributed by atoms with Gasteiger partial charge in [0.2, 0.25) is 0 Å². The van der Waals surface area contributed by atoms with Crippen LogP contribution in [0.15, 0.2) is 0 Å². The van der Waals surface area contributed by atoms with Crippen molar-refractivity contribution in [2.45, 2.75) is 64.0 Å². The Morgan fingerprint density at radius 3 is 2.61 bits per heavy atom. The van der Waals surface area contributed by atoms with E-state index in [4.69, 9.17) is 10.5 Å². The fourth-order valence-corrected chi connectivity index (χ4v) is 3.77. The molecule has 2 unspecified atom stereocenters. The summed E-state index contributed by atoms with van der Waals surface area (Å²) >= 11 is 0. The minimum absolute atomic E-state index is 0.594. The maximum absolute atomic E-state index is 6.12. The molecule has 0 saturated carbocycles. The highest BCUT2D eigenvalue weighted by Gasteiger charge is 2.32. The molecule has 3 nitrogen and oxygen atoms in total. The molecule has 0 aromatic rings. The molecule has 0 aromatic carbocycles. The third kappa shape index (κ3) is 3.46. The smallest absolute Gasteiger partial charge is 0.0469 e. The number of likely N-dealkylation sites (tertiary alicyclic amines) is 1. The van der Waals surface area contributed by atoms with Crippen LogP contribution in [-0.4, -0.2) is 43.3 Å². The molecule has 2 fully saturated rings. The van der Waals surface area contributed by atoms with Gasteiger partial charge in [0.15, 0.2) is 0 Å². The molecule has 3 heteroatoms. The van der Waals surface area contributed by atoms with E-state index in [0.717, 1.165) is 31.7 Å². The van der Waals surface area contributed by atoms with Crippen LogP contribution in [-0.2, 0) is 4.74 Å². The number of ether oxygens (including phenoxy) is 1. The Balaban J connectivity index is 2.02. The Morgan fingerprint density at radius 2 is 1.94 bits per heavy atom. The third-order valence-corrected chi connectivity index (χ3v) is 4.87. The summed E-state index contributed by atoms with van der Waals surface area (Å²) < 4.78 is 5.50. The van der Waals surface area contributed by atoms with Crippen LogP contribution in [0, 0.1) is 5.92 Å². The standard InChI is InChI=1S/C15H30N2O/c1-2-14-6-4-3-5-9-17(14)15(12-16)13-7-10-18-11-8-13/h13-15H,2-12,16H2,1H3. The molecule has 2 aliphatic rings. The molecule has 2 aliphatic heterocycles. The van der Waals surface area contributed by atoms with E-state index in [2.05, 4.69) is 11.8 Å². The van der Waals surface area contributed by atoms with Gasteiger partial charge in [-0.1, -0.05) is 19.8 Å². The van der Waals surface area contributed by atoms with Gasteiger partial charge in [-0.15, -0.1) is 0 Å². The summed E-state index contributed by atoms with van der Waals surface area (Å²) in [6.45, 7) is 6.29. The zero-order chi connectivity index (χ0) is 12.8. The fraction of sp³-hybridized carbons (Fsp3) is 1.00. The van der Waals surface area contributed by atoms with Crippen LogP contribution in [0.2, 0.25) is 0 Å². The Kier molecular flexibility index (Phi) is 5.93. The van der Waals surface area contributed by atoms with Crippen LogP contribution in [0.25, 0.3) is 0 Å². The van der Waals surface area contributed by atoms with Gasteiger partial charge in [0.1, 0.15) is 0 Å². The van der Waals surface area contributed by atoms with Crippen molar-refractivity contribution < 1.29 is 4.74 Å². The summed E-state index contributed by atoms with van der Waals surface area (Å²) in [5.74, 6) is 0.760. The van der Waals surface area contributed by atoms with Crippen molar-refractivity contribution in [1.29, 1.82) is 0 Å². The average Bonchev–Trinajstić information content (AvgIpc) is 2.66. The summed E-state index contributed by atoms with van der Waals surface area (Å²) in [5, 5.41) is 0. The molecule has 2 atom stereocenters. The first-order valence-electron chi connectivity index (χ1n) is 7.90. The highest BCUT2D eigenvalue weighted by atomic mass is 16.5. The zero-order valence-electron chi connectivity index (χ0n) is 11.9. The number of hydrogen-bond donors (Lipinski definition) is 1. The lowest BCUT2D eigenvalue weighted by Crippen LogP contribution is -2.51. The van der Waals surface area contributed by atoms with Gasteiger partial charge < -0.3 is 10.5 Å². The van der Waals surface area contributed by atoms with Gasteiger partial charge in [0.05, 0.1) is 0 Å².